The van der Waals surface area contributed by atoms with Gasteiger partial charge in [0.15, 0.2) is 0 Å². The highest BCUT2D eigenvalue weighted by molar-refractivity contribution is 5.87. The van der Waals surface area contributed by atoms with Crippen molar-refractivity contribution in [2.75, 3.05) is 6.54 Å². The van der Waals surface area contributed by atoms with E-state index in [1.165, 1.54) is 6.92 Å². The maximum atomic E-state index is 12.3. The molecule has 8 nitrogen and oxygen atoms in total. The van der Waals surface area contributed by atoms with Crippen LogP contribution in [0.4, 0.5) is 0 Å². The van der Waals surface area contributed by atoms with Crippen molar-refractivity contribution in [3.63, 3.8) is 0 Å². The second-order valence-corrected chi connectivity index (χ2v) is 7.30. The van der Waals surface area contributed by atoms with Crippen molar-refractivity contribution in [3.05, 3.63) is 11.6 Å². The minimum Gasteiger partial charge on any atom is -0.478 e. The molecular formula is C19H31N3O5. The van der Waals surface area contributed by atoms with E-state index in [9.17, 15) is 19.5 Å². The van der Waals surface area contributed by atoms with Crippen molar-refractivity contribution in [1.29, 1.82) is 0 Å². The Hall–Kier alpha value is -1.93. The molecule has 0 aromatic rings. The predicted octanol–water partition coefficient (Wildman–Crippen LogP) is 0.716. The molecule has 0 unspecified atom stereocenters. The van der Waals surface area contributed by atoms with Crippen LogP contribution >= 0.6 is 0 Å². The number of rotatable bonds is 10. The highest BCUT2D eigenvalue weighted by atomic mass is 16.5. The lowest BCUT2D eigenvalue weighted by Gasteiger charge is -2.38. The third-order valence-corrected chi connectivity index (χ3v) is 4.97. The summed E-state index contributed by atoms with van der Waals surface area (Å²) >= 11 is 0. The first-order valence-electron chi connectivity index (χ1n) is 9.73. The Morgan fingerprint density at radius 1 is 1.22 bits per heavy atom. The lowest BCUT2D eigenvalue weighted by Crippen LogP contribution is -2.60. The molecule has 2 aliphatic carbocycles. The Morgan fingerprint density at radius 2 is 1.89 bits per heavy atom. The molecule has 152 valence electrons. The monoisotopic (exact) mass is 381 g/mol. The van der Waals surface area contributed by atoms with Gasteiger partial charge in [0, 0.05) is 25.0 Å². The Bertz CT molecular complexity index is 584. The lowest BCUT2D eigenvalue weighted by molar-refractivity contribution is -0.133. The highest BCUT2D eigenvalue weighted by Gasteiger charge is 2.38. The molecule has 0 heterocycles. The number of aliphatic carboxylic acids is 1. The van der Waals surface area contributed by atoms with Gasteiger partial charge in [0.2, 0.25) is 11.8 Å². The Labute approximate surface area is 160 Å². The summed E-state index contributed by atoms with van der Waals surface area (Å²) < 4.78 is 6.08. The van der Waals surface area contributed by atoms with Gasteiger partial charge in [-0.25, -0.2) is 4.79 Å². The van der Waals surface area contributed by atoms with E-state index < -0.39 is 24.2 Å². The number of ether oxygens (including phenoxy) is 1. The Morgan fingerprint density at radius 3 is 2.41 bits per heavy atom. The topological polar surface area (TPSA) is 117 Å². The molecule has 2 rings (SSSR count). The fraction of sp³-hybridized carbons (Fsp3) is 0.737. The minimum atomic E-state index is -1.04. The SMILES string of the molecule is CCC(CC)O[C@@H]1C=C(C(=O)O)C[C@H](NC(=O)CNC2CC2)[C@H]1NC(C)=O. The van der Waals surface area contributed by atoms with Crippen LogP contribution in [0.25, 0.3) is 0 Å². The van der Waals surface area contributed by atoms with Crippen LogP contribution in [-0.2, 0) is 19.1 Å². The summed E-state index contributed by atoms with van der Waals surface area (Å²) in [6, 6.07) is -0.664. The van der Waals surface area contributed by atoms with Crippen LogP contribution in [0.5, 0.6) is 0 Å². The first kappa shape index (κ1) is 21.4. The van der Waals surface area contributed by atoms with E-state index >= 15 is 0 Å². The molecule has 0 saturated heterocycles. The third-order valence-electron chi connectivity index (χ3n) is 4.97. The average molecular weight is 381 g/mol. The molecule has 0 spiro atoms. The predicted molar refractivity (Wildman–Crippen MR) is 100 cm³/mol. The second-order valence-electron chi connectivity index (χ2n) is 7.30. The number of hydrogen-bond donors (Lipinski definition) is 4. The normalized spacial score (nSPS) is 25.0. The number of nitrogens with one attached hydrogen (secondary N) is 3. The van der Waals surface area contributed by atoms with E-state index in [1.807, 2.05) is 13.8 Å². The number of amides is 2. The fourth-order valence-corrected chi connectivity index (χ4v) is 3.29. The largest absolute Gasteiger partial charge is 0.478 e. The first-order chi connectivity index (χ1) is 12.8. The summed E-state index contributed by atoms with van der Waals surface area (Å²) in [7, 11) is 0. The van der Waals surface area contributed by atoms with Crippen LogP contribution < -0.4 is 16.0 Å². The highest BCUT2D eigenvalue weighted by Crippen LogP contribution is 2.24. The third kappa shape index (κ3) is 6.62. The number of hydrogen-bond acceptors (Lipinski definition) is 5. The number of carboxylic acid groups (broad SMARTS) is 1. The zero-order chi connectivity index (χ0) is 20.0. The second kappa shape index (κ2) is 9.85. The van der Waals surface area contributed by atoms with E-state index in [-0.39, 0.29) is 36.5 Å². The van der Waals surface area contributed by atoms with Gasteiger partial charge in [-0.2, -0.15) is 0 Å². The molecule has 1 fully saturated rings. The van der Waals surface area contributed by atoms with E-state index in [0.717, 1.165) is 25.7 Å². The molecule has 27 heavy (non-hydrogen) atoms. The smallest absolute Gasteiger partial charge is 0.331 e. The number of carboxylic acids is 1. The summed E-state index contributed by atoms with van der Waals surface area (Å²) in [6.45, 7) is 5.57. The quantitative estimate of drug-likeness (QED) is 0.443. The zero-order valence-corrected chi connectivity index (χ0v) is 16.3. The molecule has 0 aliphatic heterocycles. The van der Waals surface area contributed by atoms with Gasteiger partial charge in [-0.15, -0.1) is 0 Å². The molecule has 0 aromatic carbocycles. The Kier molecular flexibility index (Phi) is 7.79. The maximum absolute atomic E-state index is 12.3. The van der Waals surface area contributed by atoms with Gasteiger partial charge in [-0.3, -0.25) is 9.59 Å². The van der Waals surface area contributed by atoms with Gasteiger partial charge in [-0.1, -0.05) is 13.8 Å². The van der Waals surface area contributed by atoms with Crippen LogP contribution in [0.1, 0.15) is 52.9 Å². The molecule has 4 N–H and O–H groups in total. The van der Waals surface area contributed by atoms with Gasteiger partial charge < -0.3 is 25.8 Å². The number of carbonyl (C=O) groups is 3. The molecule has 2 aliphatic rings. The van der Waals surface area contributed by atoms with Crippen molar-refractivity contribution < 1.29 is 24.2 Å². The van der Waals surface area contributed by atoms with E-state index in [0.29, 0.717) is 6.04 Å². The summed E-state index contributed by atoms with van der Waals surface area (Å²) in [4.78, 5) is 35.6. The van der Waals surface area contributed by atoms with Crippen molar-refractivity contribution in [2.45, 2.75) is 83.2 Å². The summed E-state index contributed by atoms with van der Waals surface area (Å²) in [5.41, 5.74) is 0.188. The summed E-state index contributed by atoms with van der Waals surface area (Å²) in [5, 5.41) is 18.3. The van der Waals surface area contributed by atoms with E-state index in [2.05, 4.69) is 16.0 Å². The molecule has 0 aromatic heterocycles. The van der Waals surface area contributed by atoms with Crippen LogP contribution in [-0.4, -0.2) is 59.8 Å². The first-order valence-corrected chi connectivity index (χ1v) is 9.73. The zero-order valence-electron chi connectivity index (χ0n) is 16.3. The van der Waals surface area contributed by atoms with Gasteiger partial charge in [0.1, 0.15) is 0 Å². The Balaban J connectivity index is 2.16. The standard InChI is InChI=1S/C19H31N3O5/c1-4-14(5-2)27-16-9-12(19(25)26)8-15(18(16)21-11(3)23)22-17(24)10-20-13-6-7-13/h9,13-16,18,20H,4-8,10H2,1-3H3,(H,21,23)(H,22,24)(H,25,26)/t15-,16+,18+/m0/s1. The van der Waals surface area contributed by atoms with Crippen molar-refractivity contribution >= 4 is 17.8 Å². The molecule has 3 atom stereocenters. The van der Waals surface area contributed by atoms with Gasteiger partial charge >= 0.3 is 5.97 Å². The van der Waals surface area contributed by atoms with Crippen molar-refractivity contribution in [1.82, 2.24) is 16.0 Å². The van der Waals surface area contributed by atoms with Crippen molar-refractivity contribution in [3.8, 4) is 0 Å². The van der Waals surface area contributed by atoms with Crippen LogP contribution in [0, 0.1) is 0 Å². The summed E-state index contributed by atoms with van der Waals surface area (Å²) in [6.07, 6.45) is 4.73. The van der Waals surface area contributed by atoms with Crippen molar-refractivity contribution in [2.24, 2.45) is 0 Å². The molecular weight excluding hydrogens is 350 g/mol. The minimum absolute atomic E-state index is 0.0523. The molecule has 2 amide bonds. The fourth-order valence-electron chi connectivity index (χ4n) is 3.29. The number of carbonyl (C=O) groups excluding carboxylic acids is 2. The summed E-state index contributed by atoms with van der Waals surface area (Å²) in [5.74, 6) is -1.50. The van der Waals surface area contributed by atoms with Gasteiger partial charge in [0.05, 0.1) is 30.8 Å². The van der Waals surface area contributed by atoms with Crippen LogP contribution in [0.15, 0.2) is 11.6 Å². The van der Waals surface area contributed by atoms with Gasteiger partial charge in [0.25, 0.3) is 0 Å². The molecule has 8 heteroatoms. The maximum Gasteiger partial charge on any atom is 0.331 e. The van der Waals surface area contributed by atoms with Gasteiger partial charge in [-0.05, 0) is 31.8 Å². The van der Waals surface area contributed by atoms with Crippen LogP contribution in [0.3, 0.4) is 0 Å². The van der Waals surface area contributed by atoms with Crippen LogP contribution in [0.2, 0.25) is 0 Å². The van der Waals surface area contributed by atoms with E-state index in [1.54, 1.807) is 6.08 Å². The molecule has 1 saturated carbocycles. The van der Waals surface area contributed by atoms with E-state index in [4.69, 9.17) is 4.74 Å². The lowest BCUT2D eigenvalue weighted by atomic mass is 9.87. The molecule has 0 radical (unpaired) electrons. The molecule has 0 bridgehead atoms. The average Bonchev–Trinajstić information content (AvgIpc) is 3.43.